The van der Waals surface area contributed by atoms with Crippen LogP contribution in [0.3, 0.4) is 0 Å². The van der Waals surface area contributed by atoms with Gasteiger partial charge in [0.05, 0.1) is 16.9 Å². The van der Waals surface area contributed by atoms with Gasteiger partial charge in [0.15, 0.2) is 0 Å². The number of nitrogens with one attached hydrogen (secondary N) is 1. The fraction of sp³-hybridized carbons (Fsp3) is 0.0476. The molecule has 0 saturated heterocycles. The third kappa shape index (κ3) is 3.17. The van der Waals surface area contributed by atoms with Gasteiger partial charge < -0.3 is 9.72 Å². The molecule has 0 unspecified atom stereocenters. The first kappa shape index (κ1) is 16.9. The van der Waals surface area contributed by atoms with E-state index in [2.05, 4.69) is 10.3 Å². The normalized spacial score (nSPS) is 10.9. The number of halogens is 2. The van der Waals surface area contributed by atoms with Gasteiger partial charge in [-0.25, -0.2) is 13.8 Å². The number of hydrogen-bond donors (Lipinski definition) is 1. The molecule has 0 radical (unpaired) electrons. The summed E-state index contributed by atoms with van der Waals surface area (Å²) in [5, 5.41) is 2.69. The van der Waals surface area contributed by atoms with E-state index in [1.165, 1.54) is 0 Å². The van der Waals surface area contributed by atoms with Crippen molar-refractivity contribution in [2.75, 3.05) is 5.32 Å². The third-order valence-electron chi connectivity index (χ3n) is 4.30. The highest BCUT2D eigenvalue weighted by atomic mass is 19.1. The Kier molecular flexibility index (Phi) is 4.16. The monoisotopic (exact) mass is 363 g/mol. The highest BCUT2D eigenvalue weighted by Crippen LogP contribution is 2.28. The van der Waals surface area contributed by atoms with Gasteiger partial charge in [-0.2, -0.15) is 0 Å². The van der Waals surface area contributed by atoms with E-state index in [9.17, 15) is 13.6 Å². The lowest BCUT2D eigenvalue weighted by molar-refractivity contribution is 0.102. The third-order valence-corrected chi connectivity index (χ3v) is 4.30. The summed E-state index contributed by atoms with van der Waals surface area (Å²) in [5.74, 6) is -2.29. The topological polar surface area (TPSA) is 46.4 Å². The zero-order chi connectivity index (χ0) is 19.0. The van der Waals surface area contributed by atoms with Crippen LogP contribution in [-0.2, 0) is 0 Å². The number of hydrogen-bond acceptors (Lipinski definition) is 2. The predicted octanol–water partition coefficient (Wildman–Crippen LogP) is 4.84. The molecule has 2 heterocycles. The maximum absolute atomic E-state index is 13.9. The Bertz CT molecular complexity index is 1170. The molecular formula is C21H15F2N3O. The molecule has 0 fully saturated rings. The van der Waals surface area contributed by atoms with Crippen LogP contribution in [0, 0.1) is 18.6 Å². The van der Waals surface area contributed by atoms with Gasteiger partial charge in [0.1, 0.15) is 17.3 Å². The zero-order valence-corrected chi connectivity index (χ0v) is 14.4. The van der Waals surface area contributed by atoms with Crippen molar-refractivity contribution in [3.8, 4) is 11.3 Å². The molecule has 0 aliphatic carbocycles. The van der Waals surface area contributed by atoms with Crippen molar-refractivity contribution < 1.29 is 13.6 Å². The van der Waals surface area contributed by atoms with E-state index in [4.69, 9.17) is 0 Å². The van der Waals surface area contributed by atoms with Crippen LogP contribution >= 0.6 is 0 Å². The molecule has 4 aromatic rings. The van der Waals surface area contributed by atoms with Crippen molar-refractivity contribution in [1.29, 1.82) is 0 Å². The highest BCUT2D eigenvalue weighted by molar-refractivity contribution is 6.06. The number of aromatic nitrogens is 2. The van der Waals surface area contributed by atoms with Crippen molar-refractivity contribution in [2.45, 2.75) is 6.92 Å². The lowest BCUT2D eigenvalue weighted by Crippen LogP contribution is -2.14. The number of imidazole rings is 1. The second kappa shape index (κ2) is 6.64. The van der Waals surface area contributed by atoms with Gasteiger partial charge in [-0.05, 0) is 36.8 Å². The van der Waals surface area contributed by atoms with E-state index in [0.29, 0.717) is 23.0 Å². The Morgan fingerprint density at radius 1 is 1.07 bits per heavy atom. The number of amides is 1. The smallest absolute Gasteiger partial charge is 0.258 e. The lowest BCUT2D eigenvalue weighted by Gasteiger charge is -2.10. The first-order chi connectivity index (χ1) is 13.0. The SMILES string of the molecule is Cc1cccn2cc(-c3ccccc3NC(=O)c3ccc(F)cc3F)nc12. The van der Waals surface area contributed by atoms with Crippen LogP contribution < -0.4 is 5.32 Å². The minimum Gasteiger partial charge on any atom is -0.321 e. The molecule has 4 nitrogen and oxygen atoms in total. The fourth-order valence-corrected chi connectivity index (χ4v) is 2.96. The fourth-order valence-electron chi connectivity index (χ4n) is 2.96. The molecule has 27 heavy (non-hydrogen) atoms. The summed E-state index contributed by atoms with van der Waals surface area (Å²) in [6, 6.07) is 13.9. The Morgan fingerprint density at radius 2 is 1.89 bits per heavy atom. The summed E-state index contributed by atoms with van der Waals surface area (Å²) < 4.78 is 28.9. The van der Waals surface area contributed by atoms with Crippen LogP contribution in [0.1, 0.15) is 15.9 Å². The van der Waals surface area contributed by atoms with E-state index in [1.54, 1.807) is 12.1 Å². The molecular weight excluding hydrogens is 348 g/mol. The maximum Gasteiger partial charge on any atom is 0.258 e. The van der Waals surface area contributed by atoms with E-state index in [1.807, 2.05) is 48.0 Å². The van der Waals surface area contributed by atoms with Crippen LogP contribution in [0.15, 0.2) is 67.0 Å². The van der Waals surface area contributed by atoms with E-state index >= 15 is 0 Å². The van der Waals surface area contributed by atoms with Gasteiger partial charge >= 0.3 is 0 Å². The average Bonchev–Trinajstić information content (AvgIpc) is 3.07. The molecule has 6 heteroatoms. The van der Waals surface area contributed by atoms with Gasteiger partial charge in [0.2, 0.25) is 0 Å². The second-order valence-corrected chi connectivity index (χ2v) is 6.17. The van der Waals surface area contributed by atoms with E-state index in [-0.39, 0.29) is 5.56 Å². The Balaban J connectivity index is 1.72. The highest BCUT2D eigenvalue weighted by Gasteiger charge is 2.16. The first-order valence-electron chi connectivity index (χ1n) is 8.33. The number of carbonyl (C=O) groups excluding carboxylic acids is 1. The molecule has 0 bridgehead atoms. The van der Waals surface area contributed by atoms with Crippen LogP contribution in [0.5, 0.6) is 0 Å². The lowest BCUT2D eigenvalue weighted by atomic mass is 10.1. The molecule has 1 N–H and O–H groups in total. The Hall–Kier alpha value is -3.54. The zero-order valence-electron chi connectivity index (χ0n) is 14.4. The predicted molar refractivity (Wildman–Crippen MR) is 99.7 cm³/mol. The minimum absolute atomic E-state index is 0.225. The van der Waals surface area contributed by atoms with Gasteiger partial charge in [-0.15, -0.1) is 0 Å². The molecule has 0 aliphatic rings. The Labute approximate surface area is 154 Å². The molecule has 4 rings (SSSR count). The molecule has 2 aromatic heterocycles. The maximum atomic E-state index is 13.9. The van der Waals surface area contributed by atoms with Crippen LogP contribution in [-0.4, -0.2) is 15.3 Å². The number of para-hydroxylation sites is 1. The van der Waals surface area contributed by atoms with Crippen molar-refractivity contribution in [3.05, 3.63) is 89.8 Å². The molecule has 1 amide bonds. The first-order valence-corrected chi connectivity index (χ1v) is 8.33. The van der Waals surface area contributed by atoms with E-state index < -0.39 is 17.5 Å². The van der Waals surface area contributed by atoms with Crippen LogP contribution in [0.2, 0.25) is 0 Å². The number of rotatable bonds is 3. The number of anilines is 1. The van der Waals surface area contributed by atoms with Gasteiger partial charge in [0, 0.05) is 24.0 Å². The largest absolute Gasteiger partial charge is 0.321 e. The number of aryl methyl sites for hydroxylation is 1. The number of pyridine rings is 1. The summed E-state index contributed by atoms with van der Waals surface area (Å²) >= 11 is 0. The molecule has 134 valence electrons. The Morgan fingerprint density at radius 3 is 2.67 bits per heavy atom. The molecule has 0 atom stereocenters. The number of nitrogens with zero attached hydrogens (tertiary/aromatic N) is 2. The summed E-state index contributed by atoms with van der Waals surface area (Å²) in [5.41, 5.74) is 3.50. The molecule has 0 saturated carbocycles. The standard InChI is InChI=1S/C21H15F2N3O/c1-13-5-4-10-26-12-19(24-20(13)26)16-6-2-3-7-18(16)25-21(27)15-9-8-14(22)11-17(15)23/h2-12H,1H3,(H,25,27). The molecule has 0 aliphatic heterocycles. The molecule has 0 spiro atoms. The average molecular weight is 363 g/mol. The van der Waals surface area contributed by atoms with Crippen LogP contribution in [0.25, 0.3) is 16.9 Å². The summed E-state index contributed by atoms with van der Waals surface area (Å²) in [4.78, 5) is 17.1. The second-order valence-electron chi connectivity index (χ2n) is 6.17. The number of carbonyl (C=O) groups is 1. The van der Waals surface area contributed by atoms with Crippen molar-refractivity contribution in [2.24, 2.45) is 0 Å². The summed E-state index contributed by atoms with van der Waals surface area (Å²) in [6.07, 6.45) is 3.76. The van der Waals surface area contributed by atoms with Crippen LogP contribution in [0.4, 0.5) is 14.5 Å². The molecule has 2 aromatic carbocycles. The number of fused-ring (bicyclic) bond motifs is 1. The quantitative estimate of drug-likeness (QED) is 0.566. The number of benzene rings is 2. The van der Waals surface area contributed by atoms with Gasteiger partial charge in [0.25, 0.3) is 5.91 Å². The summed E-state index contributed by atoms with van der Waals surface area (Å²) in [7, 11) is 0. The van der Waals surface area contributed by atoms with Gasteiger partial charge in [-0.1, -0.05) is 24.3 Å². The summed E-state index contributed by atoms with van der Waals surface area (Å²) in [6.45, 7) is 1.97. The van der Waals surface area contributed by atoms with Crippen molar-refractivity contribution in [3.63, 3.8) is 0 Å². The minimum atomic E-state index is -0.909. The van der Waals surface area contributed by atoms with Gasteiger partial charge in [-0.3, -0.25) is 4.79 Å². The van der Waals surface area contributed by atoms with Crippen molar-refractivity contribution >= 4 is 17.2 Å². The van der Waals surface area contributed by atoms with E-state index in [0.717, 1.165) is 23.3 Å². The van der Waals surface area contributed by atoms with Crippen molar-refractivity contribution in [1.82, 2.24) is 9.38 Å².